The van der Waals surface area contributed by atoms with E-state index in [1.807, 2.05) is 7.05 Å². The van der Waals surface area contributed by atoms with Gasteiger partial charge < -0.3 is 19.5 Å². The van der Waals surface area contributed by atoms with Crippen LogP contribution >= 0.6 is 0 Å². The lowest BCUT2D eigenvalue weighted by Crippen LogP contribution is -2.31. The molecule has 4 rings (SSSR count). The highest BCUT2D eigenvalue weighted by molar-refractivity contribution is 5.94. The molecule has 0 saturated carbocycles. The number of carboxylic acids is 1. The van der Waals surface area contributed by atoms with Gasteiger partial charge in [0.1, 0.15) is 11.3 Å². The molecule has 9 heteroatoms. The monoisotopic (exact) mass is 409 g/mol. The van der Waals surface area contributed by atoms with Crippen molar-refractivity contribution in [2.75, 3.05) is 38.1 Å². The summed E-state index contributed by atoms with van der Waals surface area (Å²) in [4.78, 5) is 27.5. The van der Waals surface area contributed by atoms with Crippen molar-refractivity contribution < 1.29 is 23.1 Å². The molecule has 0 radical (unpaired) electrons. The molecule has 2 saturated heterocycles. The number of likely N-dealkylation sites (tertiary alicyclic amines) is 1. The fourth-order valence-electron chi connectivity index (χ4n) is 4.82. The van der Waals surface area contributed by atoms with E-state index in [9.17, 15) is 23.5 Å². The van der Waals surface area contributed by atoms with Gasteiger partial charge in [0.25, 0.3) is 0 Å². The highest BCUT2D eigenvalue weighted by Crippen LogP contribution is 2.43. The van der Waals surface area contributed by atoms with E-state index >= 15 is 4.39 Å². The van der Waals surface area contributed by atoms with Crippen LogP contribution in [-0.4, -0.2) is 53.8 Å². The summed E-state index contributed by atoms with van der Waals surface area (Å²) in [5.41, 5.74) is -2.92. The molecular weight excluding hydrogens is 387 g/mol. The van der Waals surface area contributed by atoms with Crippen LogP contribution in [0.15, 0.2) is 11.0 Å². The van der Waals surface area contributed by atoms with Gasteiger partial charge in [0.2, 0.25) is 5.43 Å². The minimum atomic E-state index is -1.57. The average molecular weight is 409 g/mol. The molecular formula is C20H22F3N3O3. The van der Waals surface area contributed by atoms with Crippen molar-refractivity contribution in [3.05, 3.63) is 39.4 Å². The number of nitrogens with zero attached hydrogens (tertiary/aromatic N) is 3. The molecule has 1 spiro atoms. The Balaban J connectivity index is 1.92. The van der Waals surface area contributed by atoms with Gasteiger partial charge in [-0.15, -0.1) is 0 Å². The van der Waals surface area contributed by atoms with Crippen molar-refractivity contribution in [1.29, 1.82) is 0 Å². The van der Waals surface area contributed by atoms with Crippen molar-refractivity contribution in [3.63, 3.8) is 0 Å². The van der Waals surface area contributed by atoms with E-state index in [2.05, 4.69) is 4.90 Å². The molecule has 2 aliphatic heterocycles. The third-order valence-corrected chi connectivity index (χ3v) is 6.27. The zero-order valence-corrected chi connectivity index (χ0v) is 16.3. The number of aromatic carboxylic acids is 1. The molecule has 3 heterocycles. The number of hydrogen-bond donors (Lipinski definition) is 1. The number of carboxylic acid groups (broad SMARTS) is 1. The zero-order chi connectivity index (χ0) is 21.1. The third kappa shape index (κ3) is 2.90. The van der Waals surface area contributed by atoms with E-state index in [1.54, 1.807) is 6.92 Å². The van der Waals surface area contributed by atoms with Gasteiger partial charge in [0.15, 0.2) is 17.5 Å². The highest BCUT2D eigenvalue weighted by Gasteiger charge is 2.44. The first-order valence-electron chi connectivity index (χ1n) is 9.59. The van der Waals surface area contributed by atoms with Crippen LogP contribution < -0.4 is 10.3 Å². The predicted molar refractivity (Wildman–Crippen MR) is 102 cm³/mol. The van der Waals surface area contributed by atoms with Crippen molar-refractivity contribution in [2.45, 2.75) is 26.3 Å². The van der Waals surface area contributed by atoms with Crippen molar-refractivity contribution in [2.24, 2.45) is 5.41 Å². The number of halogens is 3. The van der Waals surface area contributed by atoms with Gasteiger partial charge in [-0.05, 0) is 33.4 Å². The summed E-state index contributed by atoms with van der Waals surface area (Å²) >= 11 is 0. The van der Waals surface area contributed by atoms with Crippen LogP contribution in [0.3, 0.4) is 0 Å². The molecule has 1 N–H and O–H groups in total. The van der Waals surface area contributed by atoms with Crippen LogP contribution in [0, 0.1) is 22.9 Å². The molecule has 2 fully saturated rings. The molecule has 1 aromatic carbocycles. The second-order valence-corrected chi connectivity index (χ2v) is 8.14. The second kappa shape index (κ2) is 6.76. The maximum absolute atomic E-state index is 15.5. The van der Waals surface area contributed by atoms with Gasteiger partial charge in [0.05, 0.1) is 10.9 Å². The van der Waals surface area contributed by atoms with Crippen LogP contribution in [0.4, 0.5) is 18.9 Å². The van der Waals surface area contributed by atoms with E-state index in [-0.39, 0.29) is 12.0 Å². The standard InChI is InChI=1S/C20H22F3N3O3/c1-3-25-8-11(19(28)29)18(27)12-13(21)14(22)17(15(23)16(12)25)26-7-5-20(10-26)4-6-24(2)9-20/h8H,3-7,9-10H2,1-2H3,(H,28,29). The SMILES string of the molecule is CCn1cc(C(=O)O)c(=O)c2c(F)c(F)c(N3CCC4(CCN(C)C4)C3)c(F)c21. The molecule has 156 valence electrons. The Morgan fingerprint density at radius 2 is 1.83 bits per heavy atom. The number of fused-ring (bicyclic) bond motifs is 1. The summed E-state index contributed by atoms with van der Waals surface area (Å²) in [7, 11) is 1.99. The zero-order valence-electron chi connectivity index (χ0n) is 16.3. The van der Waals surface area contributed by atoms with Gasteiger partial charge in [-0.25, -0.2) is 18.0 Å². The number of rotatable bonds is 3. The third-order valence-electron chi connectivity index (χ3n) is 6.27. The maximum Gasteiger partial charge on any atom is 0.341 e. The van der Waals surface area contributed by atoms with Crippen molar-refractivity contribution in [3.8, 4) is 0 Å². The lowest BCUT2D eigenvalue weighted by atomic mass is 9.86. The Morgan fingerprint density at radius 1 is 1.14 bits per heavy atom. The maximum atomic E-state index is 15.5. The molecule has 2 aromatic rings. The molecule has 0 aliphatic carbocycles. The lowest BCUT2D eigenvalue weighted by Gasteiger charge is -2.26. The van der Waals surface area contributed by atoms with Crippen LogP contribution in [-0.2, 0) is 6.54 Å². The number of hydrogen-bond acceptors (Lipinski definition) is 4. The molecule has 0 bridgehead atoms. The first kappa shape index (κ1) is 19.8. The van der Waals surface area contributed by atoms with Crippen LogP contribution in [0.25, 0.3) is 10.9 Å². The Labute approximate surface area is 165 Å². The molecule has 6 nitrogen and oxygen atoms in total. The summed E-state index contributed by atoms with van der Waals surface area (Å²) < 4.78 is 46.6. The van der Waals surface area contributed by atoms with E-state index < -0.39 is 51.0 Å². The molecule has 1 aromatic heterocycles. The van der Waals surface area contributed by atoms with Gasteiger partial charge in [0, 0.05) is 37.8 Å². The van der Waals surface area contributed by atoms with Crippen LogP contribution in [0.5, 0.6) is 0 Å². The number of carbonyl (C=O) groups is 1. The fraction of sp³-hybridized carbons (Fsp3) is 0.500. The molecule has 1 atom stereocenters. The molecule has 29 heavy (non-hydrogen) atoms. The van der Waals surface area contributed by atoms with Gasteiger partial charge >= 0.3 is 5.97 Å². The Morgan fingerprint density at radius 3 is 2.41 bits per heavy atom. The predicted octanol–water partition coefficient (Wildman–Crippen LogP) is 2.67. The molecule has 1 unspecified atom stereocenters. The molecule has 0 amide bonds. The number of pyridine rings is 1. The largest absolute Gasteiger partial charge is 0.477 e. The van der Waals surface area contributed by atoms with Crippen LogP contribution in [0.2, 0.25) is 0 Å². The Hall–Kier alpha value is -2.55. The second-order valence-electron chi connectivity index (χ2n) is 8.14. The number of aryl methyl sites for hydroxylation is 1. The summed E-state index contributed by atoms with van der Waals surface area (Å²) in [6.07, 6.45) is 2.63. The minimum Gasteiger partial charge on any atom is -0.477 e. The number of aromatic nitrogens is 1. The number of benzene rings is 1. The van der Waals surface area contributed by atoms with E-state index in [4.69, 9.17) is 0 Å². The highest BCUT2D eigenvalue weighted by atomic mass is 19.2. The number of anilines is 1. The first-order valence-corrected chi connectivity index (χ1v) is 9.59. The normalized spacial score (nSPS) is 22.3. The van der Waals surface area contributed by atoms with E-state index in [0.717, 1.165) is 36.7 Å². The average Bonchev–Trinajstić information content (AvgIpc) is 3.25. The molecule has 2 aliphatic rings. The lowest BCUT2D eigenvalue weighted by molar-refractivity contribution is 0.0694. The van der Waals surface area contributed by atoms with Gasteiger partial charge in [-0.1, -0.05) is 0 Å². The summed E-state index contributed by atoms with van der Waals surface area (Å²) in [5, 5.41) is 8.34. The smallest absolute Gasteiger partial charge is 0.341 e. The van der Waals surface area contributed by atoms with Crippen LogP contribution in [0.1, 0.15) is 30.1 Å². The fourth-order valence-corrected chi connectivity index (χ4v) is 4.82. The first-order chi connectivity index (χ1) is 13.7. The minimum absolute atomic E-state index is 0.0867. The van der Waals surface area contributed by atoms with E-state index in [1.165, 1.54) is 4.90 Å². The van der Waals surface area contributed by atoms with Crippen molar-refractivity contribution >= 4 is 22.6 Å². The quantitative estimate of drug-likeness (QED) is 0.790. The van der Waals surface area contributed by atoms with Crippen molar-refractivity contribution in [1.82, 2.24) is 9.47 Å². The summed E-state index contributed by atoms with van der Waals surface area (Å²) in [6, 6.07) is 0. The Bertz CT molecular complexity index is 1080. The topological polar surface area (TPSA) is 65.8 Å². The van der Waals surface area contributed by atoms with Gasteiger partial charge in [-0.3, -0.25) is 4.79 Å². The van der Waals surface area contributed by atoms with Gasteiger partial charge in [-0.2, -0.15) is 0 Å². The summed E-state index contributed by atoms with van der Waals surface area (Å²) in [5.74, 6) is -5.55. The van der Waals surface area contributed by atoms with E-state index in [0.29, 0.717) is 13.1 Å². The summed E-state index contributed by atoms with van der Waals surface area (Å²) in [6.45, 7) is 4.20. The Kier molecular flexibility index (Phi) is 4.60.